The quantitative estimate of drug-likeness (QED) is 0.781. The maximum absolute atomic E-state index is 6.26. The SMILES string of the molecule is CC(C)(C)C1O[C@H](c2ccccc2)[C@@H](c2ccccc2)O1. The molecule has 2 heteroatoms. The van der Waals surface area contributed by atoms with Crippen LogP contribution in [0, 0.1) is 5.41 Å². The van der Waals surface area contributed by atoms with Gasteiger partial charge in [0.25, 0.3) is 0 Å². The molecule has 1 aliphatic rings. The second kappa shape index (κ2) is 5.63. The van der Waals surface area contributed by atoms with Gasteiger partial charge in [0.1, 0.15) is 12.2 Å². The molecule has 0 amide bonds. The van der Waals surface area contributed by atoms with Crippen molar-refractivity contribution >= 4 is 0 Å². The molecule has 0 bridgehead atoms. The molecule has 2 atom stereocenters. The Kier molecular flexibility index (Phi) is 3.83. The zero-order valence-corrected chi connectivity index (χ0v) is 12.8. The van der Waals surface area contributed by atoms with E-state index in [1.165, 1.54) is 0 Å². The average Bonchev–Trinajstić information content (AvgIpc) is 2.94. The number of rotatable bonds is 2. The molecule has 0 spiro atoms. The summed E-state index contributed by atoms with van der Waals surface area (Å²) in [4.78, 5) is 0. The molecule has 0 N–H and O–H groups in total. The van der Waals surface area contributed by atoms with Gasteiger partial charge in [0.05, 0.1) is 0 Å². The summed E-state index contributed by atoms with van der Waals surface area (Å²) in [6, 6.07) is 20.7. The monoisotopic (exact) mass is 282 g/mol. The van der Waals surface area contributed by atoms with E-state index in [0.29, 0.717) is 0 Å². The minimum absolute atomic E-state index is 0.0451. The minimum Gasteiger partial charge on any atom is -0.341 e. The van der Waals surface area contributed by atoms with Crippen molar-refractivity contribution in [3.8, 4) is 0 Å². The van der Waals surface area contributed by atoms with Crippen LogP contribution in [0.25, 0.3) is 0 Å². The van der Waals surface area contributed by atoms with E-state index in [2.05, 4.69) is 45.0 Å². The highest BCUT2D eigenvalue weighted by atomic mass is 16.7. The van der Waals surface area contributed by atoms with E-state index < -0.39 is 0 Å². The zero-order chi connectivity index (χ0) is 14.9. The van der Waals surface area contributed by atoms with E-state index in [0.717, 1.165) is 11.1 Å². The number of hydrogen-bond donors (Lipinski definition) is 0. The van der Waals surface area contributed by atoms with Crippen LogP contribution in [0.15, 0.2) is 60.7 Å². The van der Waals surface area contributed by atoms with Gasteiger partial charge in [-0.05, 0) is 11.1 Å². The number of ether oxygens (including phenoxy) is 2. The molecule has 0 aromatic heterocycles. The Morgan fingerprint density at radius 3 is 1.38 bits per heavy atom. The highest BCUT2D eigenvalue weighted by Crippen LogP contribution is 2.46. The lowest BCUT2D eigenvalue weighted by molar-refractivity contribution is -0.132. The molecule has 1 heterocycles. The Hall–Kier alpha value is -1.64. The number of benzene rings is 2. The second-order valence-corrected chi connectivity index (χ2v) is 6.63. The van der Waals surface area contributed by atoms with Gasteiger partial charge in [-0.15, -0.1) is 0 Å². The summed E-state index contributed by atoms with van der Waals surface area (Å²) in [6.07, 6.45) is -0.316. The van der Waals surface area contributed by atoms with Crippen molar-refractivity contribution < 1.29 is 9.47 Å². The van der Waals surface area contributed by atoms with E-state index in [9.17, 15) is 0 Å². The summed E-state index contributed by atoms with van der Waals surface area (Å²) in [5.74, 6) is 0. The van der Waals surface area contributed by atoms with Crippen LogP contribution in [-0.4, -0.2) is 6.29 Å². The lowest BCUT2D eigenvalue weighted by atomic mass is 9.96. The van der Waals surface area contributed by atoms with Crippen LogP contribution in [0.1, 0.15) is 44.1 Å². The third-order valence-corrected chi connectivity index (χ3v) is 3.78. The first kappa shape index (κ1) is 14.3. The molecule has 1 aliphatic heterocycles. The first-order chi connectivity index (χ1) is 10.1. The van der Waals surface area contributed by atoms with Crippen LogP contribution in [0.2, 0.25) is 0 Å². The second-order valence-electron chi connectivity index (χ2n) is 6.63. The van der Waals surface area contributed by atoms with Crippen LogP contribution in [0.3, 0.4) is 0 Å². The van der Waals surface area contributed by atoms with E-state index in [4.69, 9.17) is 9.47 Å². The summed E-state index contributed by atoms with van der Waals surface area (Å²) in [6.45, 7) is 6.44. The summed E-state index contributed by atoms with van der Waals surface area (Å²) >= 11 is 0. The van der Waals surface area contributed by atoms with E-state index in [-0.39, 0.29) is 23.9 Å². The predicted molar refractivity (Wildman–Crippen MR) is 83.8 cm³/mol. The molecule has 3 rings (SSSR count). The van der Waals surface area contributed by atoms with Crippen molar-refractivity contribution in [3.63, 3.8) is 0 Å². The molecule has 2 aromatic rings. The Morgan fingerprint density at radius 2 is 1.05 bits per heavy atom. The highest BCUT2D eigenvalue weighted by molar-refractivity contribution is 5.26. The fraction of sp³-hybridized carbons (Fsp3) is 0.368. The summed E-state index contributed by atoms with van der Waals surface area (Å²) < 4.78 is 12.5. The van der Waals surface area contributed by atoms with Crippen molar-refractivity contribution in [1.29, 1.82) is 0 Å². The average molecular weight is 282 g/mol. The first-order valence-corrected chi connectivity index (χ1v) is 7.46. The van der Waals surface area contributed by atoms with Gasteiger partial charge in [0, 0.05) is 5.41 Å². The van der Waals surface area contributed by atoms with Crippen molar-refractivity contribution in [3.05, 3.63) is 71.8 Å². The largest absolute Gasteiger partial charge is 0.341 e. The summed E-state index contributed by atoms with van der Waals surface area (Å²) in [7, 11) is 0. The molecule has 0 unspecified atom stereocenters. The van der Waals surface area contributed by atoms with Gasteiger partial charge in [-0.2, -0.15) is 0 Å². The maximum atomic E-state index is 6.26. The van der Waals surface area contributed by atoms with Gasteiger partial charge in [-0.3, -0.25) is 0 Å². The lowest BCUT2D eigenvalue weighted by Gasteiger charge is -2.25. The van der Waals surface area contributed by atoms with Crippen molar-refractivity contribution in [2.45, 2.75) is 39.3 Å². The molecule has 0 aliphatic carbocycles. The van der Waals surface area contributed by atoms with E-state index >= 15 is 0 Å². The highest BCUT2D eigenvalue weighted by Gasteiger charge is 2.43. The van der Waals surface area contributed by atoms with Gasteiger partial charge in [-0.1, -0.05) is 81.4 Å². The van der Waals surface area contributed by atoms with Crippen molar-refractivity contribution in [2.24, 2.45) is 5.41 Å². The van der Waals surface area contributed by atoms with Gasteiger partial charge >= 0.3 is 0 Å². The van der Waals surface area contributed by atoms with Crippen LogP contribution in [-0.2, 0) is 9.47 Å². The molecule has 110 valence electrons. The van der Waals surface area contributed by atoms with Crippen molar-refractivity contribution in [2.75, 3.05) is 0 Å². The molecule has 2 nitrogen and oxygen atoms in total. The molecule has 1 saturated heterocycles. The van der Waals surface area contributed by atoms with Gasteiger partial charge < -0.3 is 9.47 Å². The first-order valence-electron chi connectivity index (χ1n) is 7.46. The topological polar surface area (TPSA) is 18.5 Å². The Labute approximate surface area is 126 Å². The Bertz CT molecular complexity index is 524. The predicted octanol–water partition coefficient (Wildman–Crippen LogP) is 4.89. The number of hydrogen-bond acceptors (Lipinski definition) is 2. The fourth-order valence-corrected chi connectivity index (χ4v) is 2.64. The molecule has 2 aromatic carbocycles. The third-order valence-electron chi connectivity index (χ3n) is 3.78. The summed E-state index contributed by atoms with van der Waals surface area (Å²) in [5, 5.41) is 0. The molecule has 21 heavy (non-hydrogen) atoms. The van der Waals surface area contributed by atoms with E-state index in [1.54, 1.807) is 0 Å². The lowest BCUT2D eigenvalue weighted by Crippen LogP contribution is -2.27. The van der Waals surface area contributed by atoms with Gasteiger partial charge in [0.2, 0.25) is 0 Å². The molecule has 0 radical (unpaired) electrons. The smallest absolute Gasteiger partial charge is 0.164 e. The van der Waals surface area contributed by atoms with E-state index in [1.807, 2.05) is 36.4 Å². The van der Waals surface area contributed by atoms with Crippen LogP contribution in [0.4, 0.5) is 0 Å². The maximum Gasteiger partial charge on any atom is 0.164 e. The standard InChI is InChI=1S/C19H22O2/c1-19(2,3)18-20-16(14-10-6-4-7-11-14)17(21-18)15-12-8-5-9-13-15/h4-13,16-18H,1-3H3/t16-,17-/m1/s1. The Morgan fingerprint density at radius 1 is 0.667 bits per heavy atom. The molecular formula is C19H22O2. The molecule has 1 fully saturated rings. The minimum atomic E-state index is -0.201. The van der Waals surface area contributed by atoms with Gasteiger partial charge in [-0.25, -0.2) is 0 Å². The fourth-order valence-electron chi connectivity index (χ4n) is 2.64. The zero-order valence-electron chi connectivity index (χ0n) is 12.8. The summed E-state index contributed by atoms with van der Waals surface area (Å²) in [5.41, 5.74) is 2.28. The van der Waals surface area contributed by atoms with Crippen LogP contribution < -0.4 is 0 Å². The van der Waals surface area contributed by atoms with Gasteiger partial charge in [0.15, 0.2) is 6.29 Å². The molecular weight excluding hydrogens is 260 g/mol. The normalized spacial score (nSPS) is 23.4. The van der Waals surface area contributed by atoms with Crippen molar-refractivity contribution in [1.82, 2.24) is 0 Å². The van der Waals surface area contributed by atoms with Crippen LogP contribution >= 0.6 is 0 Å². The molecule has 0 saturated carbocycles. The van der Waals surface area contributed by atoms with Crippen LogP contribution in [0.5, 0.6) is 0 Å². The third kappa shape index (κ3) is 3.02. The Balaban J connectivity index is 1.95.